The zero-order valence-electron chi connectivity index (χ0n) is 22.3. The molecule has 0 fully saturated rings. The van der Waals surface area contributed by atoms with Crippen molar-refractivity contribution in [2.45, 2.75) is 46.0 Å². The summed E-state index contributed by atoms with van der Waals surface area (Å²) in [6, 6.07) is 14.1. The highest BCUT2D eigenvalue weighted by atomic mass is 19.4. The molecule has 0 aliphatic heterocycles. The number of likely N-dealkylation sites (N-methyl/N-ethyl adjacent to an activating group) is 1. The Morgan fingerprint density at radius 2 is 1.72 bits per heavy atom. The lowest BCUT2D eigenvalue weighted by atomic mass is 9.94. The minimum atomic E-state index is -4.46. The molecule has 2 aromatic heterocycles. The molecule has 7 nitrogen and oxygen atoms in total. The van der Waals surface area contributed by atoms with E-state index in [0.717, 1.165) is 11.8 Å². The van der Waals surface area contributed by atoms with Gasteiger partial charge in [-0.2, -0.15) is 18.2 Å². The minimum absolute atomic E-state index is 0.114. The predicted molar refractivity (Wildman–Crippen MR) is 140 cm³/mol. The van der Waals surface area contributed by atoms with Crippen molar-refractivity contribution in [1.82, 2.24) is 20.0 Å². The summed E-state index contributed by atoms with van der Waals surface area (Å²) in [5, 5.41) is 4.04. The number of pyridine rings is 1. The van der Waals surface area contributed by atoms with Crippen LogP contribution >= 0.6 is 0 Å². The molecule has 0 N–H and O–H groups in total. The van der Waals surface area contributed by atoms with Crippen LogP contribution in [-0.2, 0) is 22.3 Å². The number of hydrogen-bond donors (Lipinski definition) is 0. The fourth-order valence-electron chi connectivity index (χ4n) is 4.10. The average Bonchev–Trinajstić information content (AvgIpc) is 3.33. The van der Waals surface area contributed by atoms with E-state index < -0.39 is 17.3 Å². The van der Waals surface area contributed by atoms with Crippen molar-refractivity contribution in [3.05, 3.63) is 77.6 Å². The van der Waals surface area contributed by atoms with Crippen LogP contribution in [0.3, 0.4) is 0 Å². The van der Waals surface area contributed by atoms with Crippen molar-refractivity contribution in [3.8, 4) is 34.0 Å². The van der Waals surface area contributed by atoms with Crippen molar-refractivity contribution < 1.29 is 27.2 Å². The average molecular weight is 539 g/mol. The molecule has 0 amide bonds. The second-order valence-corrected chi connectivity index (χ2v) is 10.3. The number of ether oxygens (including phenoxy) is 1. The maximum Gasteiger partial charge on any atom is 0.417 e. The number of esters is 1. The van der Waals surface area contributed by atoms with E-state index in [-0.39, 0.29) is 24.0 Å². The molecule has 0 saturated carbocycles. The summed E-state index contributed by atoms with van der Waals surface area (Å²) in [5.74, 6) is 0.258. The summed E-state index contributed by atoms with van der Waals surface area (Å²) in [6.45, 7) is 7.79. The zero-order chi connectivity index (χ0) is 28.4. The molecule has 0 radical (unpaired) electrons. The molecular weight excluding hydrogens is 509 g/mol. The van der Waals surface area contributed by atoms with Gasteiger partial charge in [0.05, 0.1) is 17.8 Å². The van der Waals surface area contributed by atoms with E-state index in [9.17, 15) is 18.0 Å². The second kappa shape index (κ2) is 11.0. The number of rotatable bonds is 7. The Morgan fingerprint density at radius 1 is 1.00 bits per heavy atom. The lowest BCUT2D eigenvalue weighted by molar-refractivity contribution is -0.155. The van der Waals surface area contributed by atoms with Crippen molar-refractivity contribution in [3.63, 3.8) is 0 Å². The first kappa shape index (κ1) is 28.0. The van der Waals surface area contributed by atoms with E-state index in [4.69, 9.17) is 9.26 Å². The summed E-state index contributed by atoms with van der Waals surface area (Å²) in [5.41, 5.74) is 1.98. The number of halogens is 3. The highest BCUT2D eigenvalue weighted by molar-refractivity contribution is 5.74. The molecule has 2 heterocycles. The molecule has 4 rings (SSSR count). The molecule has 0 saturated heterocycles. The van der Waals surface area contributed by atoms with Gasteiger partial charge in [0.1, 0.15) is 5.60 Å². The van der Waals surface area contributed by atoms with Crippen LogP contribution in [0.15, 0.2) is 65.3 Å². The number of benzene rings is 2. The summed E-state index contributed by atoms with van der Waals surface area (Å²) in [4.78, 5) is 22.7. The van der Waals surface area contributed by atoms with Gasteiger partial charge in [-0.3, -0.25) is 14.7 Å². The Kier molecular flexibility index (Phi) is 7.87. The molecule has 0 atom stereocenters. The van der Waals surface area contributed by atoms with Gasteiger partial charge in [0.15, 0.2) is 0 Å². The lowest BCUT2D eigenvalue weighted by Gasteiger charge is -2.22. The maximum absolute atomic E-state index is 13.5. The van der Waals surface area contributed by atoms with E-state index in [0.29, 0.717) is 34.6 Å². The third kappa shape index (κ3) is 7.08. The molecule has 0 aliphatic rings. The third-order valence-corrected chi connectivity index (χ3v) is 5.76. The summed E-state index contributed by atoms with van der Waals surface area (Å²) >= 11 is 0. The standard InChI is InChI=1S/C29H29F3N4O3/c1-18-14-19(11-13-22(18)23-8-6-7-9-24(23)29(30,31)32)27-34-26(35-39-27)20-10-12-21(33-15-20)16-36(5)17-25(37)38-28(2,3)4/h6-15H,16-17H2,1-5H3. The van der Waals surface area contributed by atoms with Crippen molar-refractivity contribution in [2.75, 3.05) is 13.6 Å². The number of nitrogens with zero attached hydrogens (tertiary/aromatic N) is 4. The molecule has 0 bridgehead atoms. The first-order valence-corrected chi connectivity index (χ1v) is 12.3. The predicted octanol–water partition coefficient (Wildman–Crippen LogP) is 6.57. The van der Waals surface area contributed by atoms with Gasteiger partial charge in [0.25, 0.3) is 5.89 Å². The van der Waals surface area contributed by atoms with Crippen LogP contribution in [0.4, 0.5) is 13.2 Å². The fourth-order valence-corrected chi connectivity index (χ4v) is 4.10. The maximum atomic E-state index is 13.5. The highest BCUT2D eigenvalue weighted by Gasteiger charge is 2.33. The molecule has 2 aromatic carbocycles. The van der Waals surface area contributed by atoms with Crippen molar-refractivity contribution in [1.29, 1.82) is 0 Å². The van der Waals surface area contributed by atoms with Crippen LogP contribution < -0.4 is 0 Å². The van der Waals surface area contributed by atoms with Crippen molar-refractivity contribution >= 4 is 5.97 Å². The molecule has 0 spiro atoms. The largest absolute Gasteiger partial charge is 0.459 e. The fraction of sp³-hybridized carbons (Fsp3) is 0.310. The Hall–Kier alpha value is -4.05. The summed E-state index contributed by atoms with van der Waals surface area (Å²) in [7, 11) is 1.81. The number of carbonyl (C=O) groups is 1. The molecular formula is C29H29F3N4O3. The van der Waals surface area contributed by atoms with Gasteiger partial charge >= 0.3 is 12.1 Å². The Labute approximate surface area is 224 Å². The molecule has 39 heavy (non-hydrogen) atoms. The highest BCUT2D eigenvalue weighted by Crippen LogP contribution is 2.38. The van der Waals surface area contributed by atoms with E-state index in [1.165, 1.54) is 12.1 Å². The SMILES string of the molecule is Cc1cc(-c2nc(-c3ccc(CN(C)CC(=O)OC(C)(C)C)nc3)no2)ccc1-c1ccccc1C(F)(F)F. The van der Waals surface area contributed by atoms with Gasteiger partial charge < -0.3 is 9.26 Å². The number of hydrogen-bond acceptors (Lipinski definition) is 7. The van der Waals surface area contributed by atoms with Crippen LogP contribution in [-0.4, -0.2) is 45.2 Å². The number of aryl methyl sites for hydroxylation is 1. The third-order valence-electron chi connectivity index (χ3n) is 5.76. The van der Waals surface area contributed by atoms with Gasteiger partial charge in [0.2, 0.25) is 5.82 Å². The zero-order valence-corrected chi connectivity index (χ0v) is 22.3. The Morgan fingerprint density at radius 3 is 2.36 bits per heavy atom. The monoisotopic (exact) mass is 538 g/mol. The first-order valence-electron chi connectivity index (χ1n) is 12.3. The van der Waals surface area contributed by atoms with Crippen LogP contribution in [0, 0.1) is 6.92 Å². The van der Waals surface area contributed by atoms with Crippen molar-refractivity contribution in [2.24, 2.45) is 0 Å². The summed E-state index contributed by atoms with van der Waals surface area (Å²) in [6.07, 6.45) is -2.84. The van der Waals surface area contributed by atoms with Crippen LogP contribution in [0.1, 0.15) is 37.6 Å². The topological polar surface area (TPSA) is 81.4 Å². The van der Waals surface area contributed by atoms with Gasteiger partial charge in [0, 0.05) is 23.9 Å². The van der Waals surface area contributed by atoms with Gasteiger partial charge in [-0.25, -0.2) is 0 Å². The van der Waals surface area contributed by atoms with Crippen LogP contribution in [0.25, 0.3) is 34.0 Å². The molecule has 0 aliphatic carbocycles. The van der Waals surface area contributed by atoms with E-state index in [2.05, 4.69) is 15.1 Å². The normalized spacial score (nSPS) is 12.1. The van der Waals surface area contributed by atoms with E-state index in [1.54, 1.807) is 50.5 Å². The Balaban J connectivity index is 1.46. The quantitative estimate of drug-likeness (QED) is 0.246. The number of aromatic nitrogens is 3. The van der Waals surface area contributed by atoms with Gasteiger partial charge in [-0.1, -0.05) is 29.4 Å². The second-order valence-electron chi connectivity index (χ2n) is 10.3. The Bertz CT molecular complexity index is 1460. The smallest absolute Gasteiger partial charge is 0.417 e. The number of alkyl halides is 3. The number of carbonyl (C=O) groups excluding carboxylic acids is 1. The molecule has 0 unspecified atom stereocenters. The van der Waals surface area contributed by atoms with Crippen LogP contribution in [0.5, 0.6) is 0 Å². The molecule has 204 valence electrons. The van der Waals surface area contributed by atoms with Gasteiger partial charge in [-0.15, -0.1) is 0 Å². The van der Waals surface area contributed by atoms with Gasteiger partial charge in [-0.05, 0) is 81.8 Å². The first-order chi connectivity index (χ1) is 18.3. The van der Waals surface area contributed by atoms with E-state index in [1.807, 2.05) is 31.7 Å². The molecule has 10 heteroatoms. The van der Waals surface area contributed by atoms with E-state index >= 15 is 0 Å². The van der Waals surface area contributed by atoms with Crippen LogP contribution in [0.2, 0.25) is 0 Å². The molecule has 4 aromatic rings. The minimum Gasteiger partial charge on any atom is -0.459 e. The summed E-state index contributed by atoms with van der Waals surface area (Å²) < 4.78 is 51.3. The lowest BCUT2D eigenvalue weighted by Crippen LogP contribution is -2.32.